The summed E-state index contributed by atoms with van der Waals surface area (Å²) in [7, 11) is 0. The first-order chi connectivity index (χ1) is 18.7. The lowest BCUT2D eigenvalue weighted by Gasteiger charge is -2.39. The van der Waals surface area contributed by atoms with Crippen LogP contribution < -0.4 is 10.6 Å². The molecule has 4 aliphatic rings. The first-order valence-electron chi connectivity index (χ1n) is 14.0. The fraction of sp³-hybridized carbons (Fsp3) is 0.552. The Morgan fingerprint density at radius 2 is 1.92 bits per heavy atom. The minimum atomic E-state index is -1.11. The van der Waals surface area contributed by atoms with Crippen LogP contribution in [0.15, 0.2) is 24.3 Å². The molecule has 1 spiro atoms. The highest BCUT2D eigenvalue weighted by Crippen LogP contribution is 2.55. The number of ketones is 2. The van der Waals surface area contributed by atoms with Gasteiger partial charge in [-0.05, 0) is 81.4 Å². The number of amides is 3. The Morgan fingerprint density at radius 3 is 2.59 bits per heavy atom. The SMILES string of the molecule is O=C(NC1CC1)C(=O)[C@H](C[C@@H]1CCCC1=O)NC(=O)[C@@H]1CC2(CCN1C(=O)c1cc3c(Cl)cccc3[nH]1)CC2. The molecule has 1 aliphatic heterocycles. The van der Waals surface area contributed by atoms with Gasteiger partial charge in [0.05, 0.1) is 6.04 Å². The molecule has 0 unspecified atom stereocenters. The molecule has 4 fully saturated rings. The van der Waals surface area contributed by atoms with Crippen LogP contribution in [0.5, 0.6) is 0 Å². The quantitative estimate of drug-likeness (QED) is 0.433. The van der Waals surface area contributed by atoms with Crippen molar-refractivity contribution in [3.63, 3.8) is 0 Å². The molecule has 0 radical (unpaired) electrons. The van der Waals surface area contributed by atoms with Gasteiger partial charge in [-0.15, -0.1) is 0 Å². The second-order valence-corrected chi connectivity index (χ2v) is 12.2. The largest absolute Gasteiger partial charge is 0.350 e. The number of halogens is 1. The second kappa shape index (κ2) is 10.1. The van der Waals surface area contributed by atoms with Gasteiger partial charge in [0.2, 0.25) is 11.7 Å². The van der Waals surface area contributed by atoms with Gasteiger partial charge in [0.1, 0.15) is 17.5 Å². The summed E-state index contributed by atoms with van der Waals surface area (Å²) in [6.07, 6.45) is 6.93. The highest BCUT2D eigenvalue weighted by molar-refractivity contribution is 6.38. The van der Waals surface area contributed by atoms with E-state index in [1.54, 1.807) is 23.1 Å². The van der Waals surface area contributed by atoms with Gasteiger partial charge >= 0.3 is 0 Å². The summed E-state index contributed by atoms with van der Waals surface area (Å²) in [4.78, 5) is 70.4. The van der Waals surface area contributed by atoms with E-state index in [2.05, 4.69) is 15.6 Å². The smallest absolute Gasteiger partial charge is 0.289 e. The van der Waals surface area contributed by atoms with Gasteiger partial charge in [-0.1, -0.05) is 17.7 Å². The number of aromatic nitrogens is 1. The summed E-state index contributed by atoms with van der Waals surface area (Å²) in [6, 6.07) is 5.21. The number of rotatable bonds is 8. The summed E-state index contributed by atoms with van der Waals surface area (Å²) in [5.74, 6) is -2.50. The summed E-state index contributed by atoms with van der Waals surface area (Å²) >= 11 is 6.32. The number of aromatic amines is 1. The van der Waals surface area contributed by atoms with Crippen molar-refractivity contribution < 1.29 is 24.0 Å². The monoisotopic (exact) mass is 552 g/mol. The van der Waals surface area contributed by atoms with Crippen LogP contribution >= 0.6 is 11.6 Å². The first kappa shape index (κ1) is 26.0. The third-order valence-corrected chi connectivity index (χ3v) is 9.30. The van der Waals surface area contributed by atoms with Crippen LogP contribution in [0.3, 0.4) is 0 Å². The molecule has 1 saturated heterocycles. The first-order valence-corrected chi connectivity index (χ1v) is 14.4. The van der Waals surface area contributed by atoms with Crippen LogP contribution in [0.1, 0.15) is 74.7 Å². The minimum absolute atomic E-state index is 0.00286. The maximum absolute atomic E-state index is 13.8. The number of carbonyl (C=O) groups is 5. The maximum Gasteiger partial charge on any atom is 0.289 e. The predicted octanol–water partition coefficient (Wildman–Crippen LogP) is 3.30. The van der Waals surface area contributed by atoms with Crippen LogP contribution in [0, 0.1) is 11.3 Å². The molecule has 2 heterocycles. The fourth-order valence-electron chi connectivity index (χ4n) is 6.20. The van der Waals surface area contributed by atoms with E-state index in [0.717, 1.165) is 49.4 Å². The third-order valence-electron chi connectivity index (χ3n) is 8.97. The van der Waals surface area contributed by atoms with E-state index >= 15 is 0 Å². The maximum atomic E-state index is 13.8. The number of nitrogens with one attached hydrogen (secondary N) is 3. The highest BCUT2D eigenvalue weighted by Gasteiger charge is 2.51. The minimum Gasteiger partial charge on any atom is -0.350 e. The second-order valence-electron chi connectivity index (χ2n) is 11.8. The zero-order valence-corrected chi connectivity index (χ0v) is 22.5. The summed E-state index contributed by atoms with van der Waals surface area (Å²) in [5, 5.41) is 6.78. The molecule has 39 heavy (non-hydrogen) atoms. The predicted molar refractivity (Wildman–Crippen MR) is 144 cm³/mol. The van der Waals surface area contributed by atoms with Gasteiger partial charge in [0.15, 0.2) is 0 Å². The molecule has 3 aliphatic carbocycles. The number of carbonyl (C=O) groups excluding carboxylic acids is 5. The number of hydrogen-bond donors (Lipinski definition) is 3. The Bertz CT molecular complexity index is 1360. The van der Waals surface area contributed by atoms with Gasteiger partial charge in [0, 0.05) is 40.9 Å². The number of hydrogen-bond acceptors (Lipinski definition) is 5. The molecule has 6 rings (SSSR count). The van der Waals surface area contributed by atoms with E-state index in [-0.39, 0.29) is 35.5 Å². The average molecular weight is 553 g/mol. The van der Waals surface area contributed by atoms with Gasteiger partial charge in [-0.2, -0.15) is 0 Å². The van der Waals surface area contributed by atoms with Crippen molar-refractivity contribution in [3.05, 3.63) is 35.0 Å². The van der Waals surface area contributed by atoms with E-state index in [1.165, 1.54) is 0 Å². The molecule has 9 nitrogen and oxygen atoms in total. The molecule has 3 saturated carbocycles. The Balaban J connectivity index is 1.24. The molecule has 1 aromatic carbocycles. The van der Waals surface area contributed by atoms with Crippen molar-refractivity contribution in [1.29, 1.82) is 0 Å². The van der Waals surface area contributed by atoms with E-state index in [9.17, 15) is 24.0 Å². The average Bonchev–Trinajstić information content (AvgIpc) is 3.80. The molecular formula is C29H33ClN4O5. The van der Waals surface area contributed by atoms with E-state index in [4.69, 9.17) is 11.6 Å². The van der Waals surface area contributed by atoms with Crippen LogP contribution in [0.2, 0.25) is 5.02 Å². The van der Waals surface area contributed by atoms with Gasteiger partial charge in [-0.3, -0.25) is 24.0 Å². The number of fused-ring (bicyclic) bond motifs is 1. The lowest BCUT2D eigenvalue weighted by atomic mass is 9.86. The molecule has 1 aromatic heterocycles. The molecule has 2 aromatic rings. The van der Waals surface area contributed by atoms with E-state index in [1.807, 2.05) is 6.07 Å². The topological polar surface area (TPSA) is 128 Å². The van der Waals surface area contributed by atoms with E-state index < -0.39 is 29.7 Å². The molecule has 3 amide bonds. The van der Waals surface area contributed by atoms with Crippen molar-refractivity contribution in [2.75, 3.05) is 6.54 Å². The van der Waals surface area contributed by atoms with Crippen molar-refractivity contribution in [2.45, 2.75) is 82.3 Å². The molecule has 0 bridgehead atoms. The van der Waals surface area contributed by atoms with Gasteiger partial charge in [-0.25, -0.2) is 0 Å². The normalized spacial score (nSPS) is 24.5. The molecule has 3 atom stereocenters. The van der Waals surface area contributed by atoms with Crippen LogP contribution in [-0.4, -0.2) is 63.8 Å². The van der Waals surface area contributed by atoms with Crippen molar-refractivity contribution in [1.82, 2.24) is 20.5 Å². The van der Waals surface area contributed by atoms with Crippen molar-refractivity contribution >= 4 is 51.8 Å². The fourth-order valence-corrected chi connectivity index (χ4v) is 6.42. The molecule has 206 valence electrons. The van der Waals surface area contributed by atoms with E-state index in [0.29, 0.717) is 36.5 Å². The summed E-state index contributed by atoms with van der Waals surface area (Å²) in [6.45, 7) is 0.419. The Morgan fingerprint density at radius 1 is 1.13 bits per heavy atom. The number of nitrogens with zero attached hydrogens (tertiary/aromatic N) is 1. The molecule has 3 N–H and O–H groups in total. The Hall–Kier alpha value is -3.20. The Kier molecular flexibility index (Phi) is 6.73. The number of H-pyrrole nitrogens is 1. The van der Waals surface area contributed by atoms with Crippen LogP contribution in [0.4, 0.5) is 0 Å². The van der Waals surface area contributed by atoms with Crippen LogP contribution in [-0.2, 0) is 19.2 Å². The van der Waals surface area contributed by atoms with Crippen LogP contribution in [0.25, 0.3) is 10.9 Å². The molecule has 10 heteroatoms. The third kappa shape index (κ3) is 5.33. The molecular weight excluding hydrogens is 520 g/mol. The van der Waals surface area contributed by atoms with Gasteiger partial charge < -0.3 is 20.5 Å². The zero-order chi connectivity index (χ0) is 27.3. The summed E-state index contributed by atoms with van der Waals surface area (Å²) < 4.78 is 0. The van der Waals surface area contributed by atoms with Gasteiger partial charge in [0.25, 0.3) is 11.8 Å². The number of Topliss-reactive ketones (excluding diaryl/α,β-unsaturated/α-hetero) is 2. The lowest BCUT2D eigenvalue weighted by molar-refractivity contribution is -0.141. The number of benzene rings is 1. The standard InChI is InChI=1S/C29H33ClN4O5/c30-19-4-2-5-20-18(19)14-22(32-20)28(39)34-12-11-29(9-10-29)15-23(34)26(37)33-21(13-16-3-1-6-24(16)35)25(36)27(38)31-17-7-8-17/h2,4-5,14,16-17,21,23,32H,1,3,6-13,15H2,(H,31,38)(H,33,37)/t16-,21-,23-/m0/s1. The zero-order valence-electron chi connectivity index (χ0n) is 21.8. The Labute approximate surface area is 231 Å². The summed E-state index contributed by atoms with van der Waals surface area (Å²) in [5.41, 5.74) is 1.11. The van der Waals surface area contributed by atoms with Crippen molar-refractivity contribution in [2.24, 2.45) is 11.3 Å². The van der Waals surface area contributed by atoms with Crippen molar-refractivity contribution in [3.8, 4) is 0 Å². The number of likely N-dealkylation sites (tertiary alicyclic amines) is 1. The lowest BCUT2D eigenvalue weighted by Crippen LogP contribution is -2.58. The highest BCUT2D eigenvalue weighted by atomic mass is 35.5. The number of piperidine rings is 1.